The lowest BCUT2D eigenvalue weighted by molar-refractivity contribution is -0.140. The maximum absolute atomic E-state index is 14.7. The molecule has 1 aromatic heterocycles. The average molecular weight is 508 g/mol. The lowest BCUT2D eigenvalue weighted by atomic mass is 9.98. The van der Waals surface area contributed by atoms with Crippen LogP contribution in [0.3, 0.4) is 0 Å². The first-order valence-electron chi connectivity index (χ1n) is 12.2. The first-order chi connectivity index (χ1) is 17.0. The highest BCUT2D eigenvalue weighted by Gasteiger charge is 2.43. The zero-order chi connectivity index (χ0) is 25.8. The summed E-state index contributed by atoms with van der Waals surface area (Å²) in [6.45, 7) is 2.24. The minimum Gasteiger partial charge on any atom is -0.347 e. The van der Waals surface area contributed by atoms with Crippen LogP contribution in [0.4, 0.5) is 22.0 Å². The Hall–Kier alpha value is -3.04. The number of nitrogens with one attached hydrogen (secondary N) is 1. The molecule has 2 aromatic rings. The van der Waals surface area contributed by atoms with Crippen molar-refractivity contribution in [3.63, 3.8) is 0 Å². The predicted octanol–water partition coefficient (Wildman–Crippen LogP) is 5.37. The lowest BCUT2D eigenvalue weighted by Crippen LogP contribution is -2.47. The van der Waals surface area contributed by atoms with Gasteiger partial charge in [-0.05, 0) is 79.7 Å². The molecule has 1 unspecified atom stereocenters. The Kier molecular flexibility index (Phi) is 6.24. The fraction of sp³-hybridized carbons (Fsp3) is 0.500. The number of aromatic nitrogens is 1. The Balaban J connectivity index is 1.37. The van der Waals surface area contributed by atoms with Crippen LogP contribution < -0.4 is 5.32 Å². The smallest absolute Gasteiger partial charge is 0.347 e. The summed E-state index contributed by atoms with van der Waals surface area (Å²) in [4.78, 5) is 32.3. The highest BCUT2D eigenvalue weighted by molar-refractivity contribution is 5.96. The van der Waals surface area contributed by atoms with E-state index in [2.05, 4.69) is 10.3 Å². The molecule has 1 aromatic carbocycles. The van der Waals surface area contributed by atoms with E-state index >= 15 is 0 Å². The summed E-state index contributed by atoms with van der Waals surface area (Å²) in [5.41, 5.74) is -0.720. The van der Waals surface area contributed by atoms with Crippen molar-refractivity contribution in [1.82, 2.24) is 15.2 Å². The highest BCUT2D eigenvalue weighted by Crippen LogP contribution is 2.44. The molecule has 2 aliphatic carbocycles. The van der Waals surface area contributed by atoms with Gasteiger partial charge < -0.3 is 10.2 Å². The van der Waals surface area contributed by atoms with E-state index in [4.69, 9.17) is 0 Å². The Morgan fingerprint density at radius 1 is 1.08 bits per heavy atom. The van der Waals surface area contributed by atoms with E-state index in [1.165, 1.54) is 4.90 Å². The summed E-state index contributed by atoms with van der Waals surface area (Å²) < 4.78 is 68.0. The van der Waals surface area contributed by atoms with Crippen LogP contribution >= 0.6 is 0 Å². The van der Waals surface area contributed by atoms with Gasteiger partial charge >= 0.3 is 6.18 Å². The molecule has 0 spiro atoms. The first kappa shape index (κ1) is 24.6. The van der Waals surface area contributed by atoms with Crippen molar-refractivity contribution in [2.45, 2.75) is 63.2 Å². The zero-order valence-electron chi connectivity index (χ0n) is 19.6. The molecule has 1 aliphatic heterocycles. The van der Waals surface area contributed by atoms with Gasteiger partial charge in [0.05, 0.1) is 11.6 Å². The summed E-state index contributed by atoms with van der Waals surface area (Å²) in [5, 5.41) is 2.72. The summed E-state index contributed by atoms with van der Waals surface area (Å²) in [6, 6.07) is 2.46. The third-order valence-electron chi connectivity index (χ3n) is 7.24. The fourth-order valence-corrected chi connectivity index (χ4v) is 5.05. The number of rotatable bonds is 6. The van der Waals surface area contributed by atoms with Crippen LogP contribution in [-0.4, -0.2) is 34.3 Å². The molecule has 5 nitrogen and oxygen atoms in total. The van der Waals surface area contributed by atoms with Crippen LogP contribution in [0.5, 0.6) is 0 Å². The van der Waals surface area contributed by atoms with E-state index in [-0.39, 0.29) is 35.1 Å². The SMILES string of the molecule is C[C@@H]1C[C@H](C(=O)NC(c2cc(F)c(C(F)(F)F)cc2F)C2CC2)N(C(=O)c2cc(C3CC3)ccn2)C1. The maximum atomic E-state index is 14.7. The molecular weight excluding hydrogens is 481 g/mol. The van der Waals surface area contributed by atoms with Gasteiger partial charge in [-0.15, -0.1) is 0 Å². The molecule has 3 atom stereocenters. The van der Waals surface area contributed by atoms with Crippen molar-refractivity contribution in [1.29, 1.82) is 0 Å². The van der Waals surface area contributed by atoms with Gasteiger partial charge in [-0.2, -0.15) is 13.2 Å². The molecule has 2 heterocycles. The Labute approximate surface area is 205 Å². The van der Waals surface area contributed by atoms with Crippen molar-refractivity contribution in [2.24, 2.45) is 11.8 Å². The van der Waals surface area contributed by atoms with Crippen LogP contribution in [0.25, 0.3) is 0 Å². The molecule has 5 rings (SSSR count). The average Bonchev–Trinajstić information content (AvgIpc) is 3.75. The zero-order valence-corrected chi connectivity index (χ0v) is 19.6. The molecule has 192 valence electrons. The number of nitrogens with zero attached hydrogens (tertiary/aromatic N) is 2. The van der Waals surface area contributed by atoms with Crippen LogP contribution in [0.2, 0.25) is 0 Å². The van der Waals surface area contributed by atoms with E-state index in [1.807, 2.05) is 13.0 Å². The topological polar surface area (TPSA) is 62.3 Å². The summed E-state index contributed by atoms with van der Waals surface area (Å²) in [6.07, 6.45) is 0.290. The number of likely N-dealkylation sites (tertiary alicyclic amines) is 1. The number of pyridine rings is 1. The first-order valence-corrected chi connectivity index (χ1v) is 12.2. The molecule has 3 aliphatic rings. The van der Waals surface area contributed by atoms with Gasteiger partial charge in [-0.1, -0.05) is 6.92 Å². The Morgan fingerprint density at radius 2 is 1.81 bits per heavy atom. The minimum absolute atomic E-state index is 0.0240. The molecule has 0 radical (unpaired) electrons. The van der Waals surface area contributed by atoms with Gasteiger partial charge in [-0.3, -0.25) is 14.6 Å². The largest absolute Gasteiger partial charge is 0.419 e. The quantitative estimate of drug-likeness (QED) is 0.535. The molecule has 0 bridgehead atoms. The Morgan fingerprint density at radius 3 is 2.44 bits per heavy atom. The summed E-state index contributed by atoms with van der Waals surface area (Å²) >= 11 is 0. The van der Waals surface area contributed by atoms with Crippen molar-refractivity contribution in [3.8, 4) is 0 Å². The van der Waals surface area contributed by atoms with Crippen molar-refractivity contribution in [2.75, 3.05) is 6.54 Å². The number of hydrogen-bond acceptors (Lipinski definition) is 3. The normalized spacial score (nSPS) is 23.0. The van der Waals surface area contributed by atoms with Gasteiger partial charge in [-0.25, -0.2) is 8.78 Å². The standard InChI is InChI=1S/C26H26F5N3O2/c1-13-8-22(34(12-13)25(36)21-9-16(6-7-32-21)14-2-3-14)24(35)33-23(15-4-5-15)17-10-20(28)18(11-19(17)27)26(29,30)31/h6-7,9-11,13-15,22-23H,2-5,8,12H2,1H3,(H,33,35)/t13-,22-,23?/m1/s1. The van der Waals surface area contributed by atoms with Gasteiger partial charge in [0.15, 0.2) is 0 Å². The van der Waals surface area contributed by atoms with E-state index in [9.17, 15) is 31.5 Å². The van der Waals surface area contributed by atoms with Crippen molar-refractivity contribution < 1.29 is 31.5 Å². The lowest BCUT2D eigenvalue weighted by Gasteiger charge is -2.27. The van der Waals surface area contributed by atoms with E-state index in [1.54, 1.807) is 12.3 Å². The van der Waals surface area contributed by atoms with Crippen LogP contribution in [0.1, 0.15) is 78.2 Å². The van der Waals surface area contributed by atoms with Gasteiger partial charge in [0.25, 0.3) is 5.91 Å². The molecule has 36 heavy (non-hydrogen) atoms. The van der Waals surface area contributed by atoms with E-state index < -0.39 is 41.4 Å². The molecule has 1 N–H and O–H groups in total. The molecular formula is C26H26F5N3O2. The van der Waals surface area contributed by atoms with Gasteiger partial charge in [0.2, 0.25) is 5.91 Å². The van der Waals surface area contributed by atoms with Crippen LogP contribution in [-0.2, 0) is 11.0 Å². The number of alkyl halides is 3. The Bertz CT molecular complexity index is 1190. The molecule has 1 saturated heterocycles. The second-order valence-corrected chi connectivity index (χ2v) is 10.2. The van der Waals surface area contributed by atoms with Crippen molar-refractivity contribution in [3.05, 3.63) is 64.5 Å². The van der Waals surface area contributed by atoms with Crippen LogP contribution in [0.15, 0.2) is 30.5 Å². The highest BCUT2D eigenvalue weighted by atomic mass is 19.4. The number of carbonyl (C=O) groups is 2. The summed E-state index contributed by atoms with van der Waals surface area (Å²) in [5.74, 6) is -3.51. The predicted molar refractivity (Wildman–Crippen MR) is 120 cm³/mol. The van der Waals surface area contributed by atoms with Crippen molar-refractivity contribution >= 4 is 11.8 Å². The van der Waals surface area contributed by atoms with E-state index in [0.29, 0.717) is 37.8 Å². The second kappa shape index (κ2) is 9.12. The summed E-state index contributed by atoms with van der Waals surface area (Å²) in [7, 11) is 0. The van der Waals surface area contributed by atoms with Crippen LogP contribution in [0, 0.1) is 23.5 Å². The number of halogens is 5. The fourth-order valence-electron chi connectivity index (χ4n) is 5.05. The molecule has 10 heteroatoms. The number of hydrogen-bond donors (Lipinski definition) is 1. The van der Waals surface area contributed by atoms with Gasteiger partial charge in [0.1, 0.15) is 23.4 Å². The number of amides is 2. The molecule has 2 amide bonds. The minimum atomic E-state index is -5.03. The second-order valence-electron chi connectivity index (χ2n) is 10.2. The monoisotopic (exact) mass is 507 g/mol. The number of carbonyl (C=O) groups excluding carboxylic acids is 2. The van der Waals surface area contributed by atoms with E-state index in [0.717, 1.165) is 18.4 Å². The number of benzene rings is 1. The molecule has 2 saturated carbocycles. The molecule has 3 fully saturated rings. The maximum Gasteiger partial charge on any atom is 0.419 e. The van der Waals surface area contributed by atoms with Gasteiger partial charge in [0, 0.05) is 18.3 Å². The third-order valence-corrected chi connectivity index (χ3v) is 7.24. The third kappa shape index (κ3) is 4.95.